The summed E-state index contributed by atoms with van der Waals surface area (Å²) in [7, 11) is 0. The fourth-order valence-corrected chi connectivity index (χ4v) is 3.18. The predicted molar refractivity (Wildman–Crippen MR) is 82.0 cm³/mol. The first-order chi connectivity index (χ1) is 9.54. The molecule has 1 aromatic rings. The Labute approximate surface area is 126 Å². The van der Waals surface area contributed by atoms with Crippen molar-refractivity contribution in [2.45, 2.75) is 51.2 Å². The molecule has 1 aliphatic rings. The Morgan fingerprint density at radius 3 is 2.65 bits per heavy atom. The second-order valence-corrected chi connectivity index (χ2v) is 6.32. The zero-order valence-corrected chi connectivity index (χ0v) is 12.8. The summed E-state index contributed by atoms with van der Waals surface area (Å²) in [6.07, 6.45) is 5.12. The minimum Gasteiger partial charge on any atom is -0.508 e. The van der Waals surface area contributed by atoms with E-state index in [4.69, 9.17) is 11.6 Å². The molecule has 0 bridgehead atoms. The molecule has 0 aromatic heterocycles. The summed E-state index contributed by atoms with van der Waals surface area (Å²) in [6, 6.07) is 5.12. The summed E-state index contributed by atoms with van der Waals surface area (Å²) in [5, 5.41) is 24.1. The van der Waals surface area contributed by atoms with Crippen molar-refractivity contribution in [2.24, 2.45) is 5.92 Å². The lowest BCUT2D eigenvalue weighted by molar-refractivity contribution is -0.00884. The number of hydrogen-bond donors (Lipinski definition) is 3. The first kappa shape index (κ1) is 15.6. The largest absolute Gasteiger partial charge is 0.508 e. The van der Waals surface area contributed by atoms with Crippen molar-refractivity contribution in [1.82, 2.24) is 5.32 Å². The van der Waals surface area contributed by atoms with Crippen molar-refractivity contribution >= 4 is 11.6 Å². The van der Waals surface area contributed by atoms with Gasteiger partial charge in [0, 0.05) is 23.7 Å². The van der Waals surface area contributed by atoms with Gasteiger partial charge < -0.3 is 15.5 Å². The van der Waals surface area contributed by atoms with E-state index in [9.17, 15) is 10.2 Å². The van der Waals surface area contributed by atoms with E-state index < -0.39 is 5.60 Å². The molecule has 2 rings (SSSR count). The molecule has 1 saturated carbocycles. The average Bonchev–Trinajstić information content (AvgIpc) is 2.43. The molecule has 1 aliphatic carbocycles. The van der Waals surface area contributed by atoms with E-state index in [2.05, 4.69) is 12.2 Å². The van der Waals surface area contributed by atoms with Gasteiger partial charge in [0.25, 0.3) is 0 Å². The molecule has 0 heterocycles. The van der Waals surface area contributed by atoms with Crippen LogP contribution in [0.15, 0.2) is 18.2 Å². The molecule has 1 aromatic carbocycles. The van der Waals surface area contributed by atoms with Gasteiger partial charge in [-0.25, -0.2) is 0 Å². The van der Waals surface area contributed by atoms with Gasteiger partial charge in [0.05, 0.1) is 5.60 Å². The summed E-state index contributed by atoms with van der Waals surface area (Å²) in [6.45, 7) is 3.24. The number of aliphatic hydroxyl groups is 1. The van der Waals surface area contributed by atoms with Crippen LogP contribution in [0.2, 0.25) is 5.02 Å². The van der Waals surface area contributed by atoms with E-state index in [1.807, 2.05) is 0 Å². The molecule has 3 N–H and O–H groups in total. The molecule has 3 nitrogen and oxygen atoms in total. The SMILES string of the molecule is CCC1CCC(O)(CNCc2c(O)cccc2Cl)CC1. The van der Waals surface area contributed by atoms with Crippen LogP contribution in [-0.4, -0.2) is 22.4 Å². The van der Waals surface area contributed by atoms with Crippen molar-refractivity contribution in [1.29, 1.82) is 0 Å². The maximum atomic E-state index is 10.5. The second-order valence-electron chi connectivity index (χ2n) is 5.92. The molecule has 4 heteroatoms. The van der Waals surface area contributed by atoms with Crippen LogP contribution < -0.4 is 5.32 Å². The van der Waals surface area contributed by atoms with Gasteiger partial charge >= 0.3 is 0 Å². The van der Waals surface area contributed by atoms with Gasteiger partial charge in [-0.3, -0.25) is 0 Å². The van der Waals surface area contributed by atoms with Gasteiger partial charge in [-0.05, 0) is 43.7 Å². The summed E-state index contributed by atoms with van der Waals surface area (Å²) in [5.74, 6) is 0.967. The van der Waals surface area contributed by atoms with E-state index in [1.165, 1.54) is 6.42 Å². The van der Waals surface area contributed by atoms with Crippen molar-refractivity contribution in [3.63, 3.8) is 0 Å². The van der Waals surface area contributed by atoms with Crippen LogP contribution >= 0.6 is 11.6 Å². The van der Waals surface area contributed by atoms with Crippen molar-refractivity contribution in [2.75, 3.05) is 6.54 Å². The van der Waals surface area contributed by atoms with Crippen LogP contribution in [0.5, 0.6) is 5.75 Å². The highest BCUT2D eigenvalue weighted by molar-refractivity contribution is 6.31. The van der Waals surface area contributed by atoms with Crippen LogP contribution in [0.4, 0.5) is 0 Å². The number of nitrogens with one attached hydrogen (secondary N) is 1. The Morgan fingerprint density at radius 1 is 1.35 bits per heavy atom. The van der Waals surface area contributed by atoms with Crippen molar-refractivity contribution < 1.29 is 10.2 Å². The maximum absolute atomic E-state index is 10.5. The van der Waals surface area contributed by atoms with Gasteiger partial charge in [0.15, 0.2) is 0 Å². The lowest BCUT2D eigenvalue weighted by atomic mass is 9.78. The molecule has 0 aliphatic heterocycles. The highest BCUT2D eigenvalue weighted by atomic mass is 35.5. The third kappa shape index (κ3) is 3.87. The highest BCUT2D eigenvalue weighted by Crippen LogP contribution is 2.33. The molecule has 0 saturated heterocycles. The number of aromatic hydroxyl groups is 1. The van der Waals surface area contributed by atoms with Crippen LogP contribution in [-0.2, 0) is 6.54 Å². The zero-order chi connectivity index (χ0) is 14.6. The third-order valence-corrected chi connectivity index (χ3v) is 4.82. The number of benzene rings is 1. The lowest BCUT2D eigenvalue weighted by Crippen LogP contribution is -2.43. The average molecular weight is 298 g/mol. The van der Waals surface area contributed by atoms with Crippen molar-refractivity contribution in [3.05, 3.63) is 28.8 Å². The summed E-state index contributed by atoms with van der Waals surface area (Å²) < 4.78 is 0. The first-order valence-electron chi connectivity index (χ1n) is 7.43. The molecule has 0 unspecified atom stereocenters. The Kier molecular flexibility index (Phi) is 5.30. The van der Waals surface area contributed by atoms with E-state index in [0.717, 1.165) is 31.6 Å². The summed E-state index contributed by atoms with van der Waals surface area (Å²) in [5.41, 5.74) is 0.0859. The number of phenolic OH excluding ortho intramolecular Hbond substituents is 1. The van der Waals surface area contributed by atoms with Gasteiger partial charge in [0.2, 0.25) is 0 Å². The summed E-state index contributed by atoms with van der Waals surface area (Å²) >= 11 is 6.06. The highest BCUT2D eigenvalue weighted by Gasteiger charge is 2.32. The third-order valence-electron chi connectivity index (χ3n) is 4.46. The Bertz CT molecular complexity index is 422. The molecule has 0 amide bonds. The summed E-state index contributed by atoms with van der Waals surface area (Å²) in [4.78, 5) is 0. The quantitative estimate of drug-likeness (QED) is 0.780. The fourth-order valence-electron chi connectivity index (χ4n) is 2.94. The number of phenols is 1. The zero-order valence-electron chi connectivity index (χ0n) is 12.0. The fraction of sp³-hybridized carbons (Fsp3) is 0.625. The van der Waals surface area contributed by atoms with Gasteiger partial charge in [-0.1, -0.05) is 31.0 Å². The molecule has 20 heavy (non-hydrogen) atoms. The molecule has 0 spiro atoms. The smallest absolute Gasteiger partial charge is 0.121 e. The normalized spacial score (nSPS) is 26.6. The molecular formula is C16H24ClNO2. The Hall–Kier alpha value is -0.770. The Morgan fingerprint density at radius 2 is 2.05 bits per heavy atom. The standard InChI is InChI=1S/C16H24ClNO2/c1-2-12-6-8-16(20,9-7-12)11-18-10-13-14(17)4-3-5-15(13)19/h3-5,12,18-20H,2,6-11H2,1H3. The maximum Gasteiger partial charge on any atom is 0.121 e. The Balaban J connectivity index is 1.84. The van der Waals surface area contributed by atoms with E-state index in [1.54, 1.807) is 18.2 Å². The topological polar surface area (TPSA) is 52.5 Å². The number of hydrogen-bond acceptors (Lipinski definition) is 3. The van der Waals surface area contributed by atoms with Gasteiger partial charge in [-0.15, -0.1) is 0 Å². The van der Waals surface area contributed by atoms with E-state index in [0.29, 0.717) is 23.7 Å². The van der Waals surface area contributed by atoms with Gasteiger partial charge in [0.1, 0.15) is 5.75 Å². The molecule has 0 radical (unpaired) electrons. The van der Waals surface area contributed by atoms with Crippen LogP contribution in [0.1, 0.15) is 44.6 Å². The monoisotopic (exact) mass is 297 g/mol. The van der Waals surface area contributed by atoms with E-state index >= 15 is 0 Å². The van der Waals surface area contributed by atoms with Crippen LogP contribution in [0.25, 0.3) is 0 Å². The predicted octanol–water partition coefficient (Wildman–Crippen LogP) is 3.47. The number of rotatable bonds is 5. The van der Waals surface area contributed by atoms with Crippen molar-refractivity contribution in [3.8, 4) is 5.75 Å². The first-order valence-corrected chi connectivity index (χ1v) is 7.81. The molecular weight excluding hydrogens is 274 g/mol. The molecule has 1 fully saturated rings. The van der Waals surface area contributed by atoms with E-state index in [-0.39, 0.29) is 5.75 Å². The second kappa shape index (κ2) is 6.79. The number of halogens is 1. The minimum absolute atomic E-state index is 0.201. The van der Waals surface area contributed by atoms with Crippen LogP contribution in [0.3, 0.4) is 0 Å². The van der Waals surface area contributed by atoms with Gasteiger partial charge in [-0.2, -0.15) is 0 Å². The lowest BCUT2D eigenvalue weighted by Gasteiger charge is -2.36. The molecule has 112 valence electrons. The van der Waals surface area contributed by atoms with Crippen LogP contribution in [0, 0.1) is 5.92 Å². The minimum atomic E-state index is -0.609. The molecule has 0 atom stereocenters.